The van der Waals surface area contributed by atoms with Gasteiger partial charge in [0.2, 0.25) is 5.95 Å². The fourth-order valence-electron chi connectivity index (χ4n) is 7.44. The van der Waals surface area contributed by atoms with E-state index in [2.05, 4.69) is 179 Å². The van der Waals surface area contributed by atoms with Crippen molar-refractivity contribution in [2.75, 3.05) is 0 Å². The Kier molecular flexibility index (Phi) is 5.84. The lowest BCUT2D eigenvalue weighted by Crippen LogP contribution is -2.04. The zero-order chi connectivity index (χ0) is 31.6. The molecule has 0 aliphatic heterocycles. The smallest absolute Gasteiger partial charge is 0.235 e. The highest BCUT2D eigenvalue weighted by Crippen LogP contribution is 2.40. The van der Waals surface area contributed by atoms with Gasteiger partial charge in [-0.2, -0.15) is 0 Å². The molecule has 48 heavy (non-hydrogen) atoms. The van der Waals surface area contributed by atoms with Gasteiger partial charge < -0.3 is 4.57 Å². The van der Waals surface area contributed by atoms with E-state index in [4.69, 9.17) is 9.97 Å². The van der Waals surface area contributed by atoms with Crippen LogP contribution in [0.25, 0.3) is 88.4 Å². The zero-order valence-electron chi connectivity index (χ0n) is 26.0. The SMILES string of the molecule is c1ccc(-c2ccc(-c3nc(-n4c5ccccc5c5ccc6c(ccn6-c6ccccc6)c54)nc4ccccc34)c3ccccc23)cc1. The van der Waals surface area contributed by atoms with E-state index >= 15 is 0 Å². The van der Waals surface area contributed by atoms with Crippen LogP contribution in [0.5, 0.6) is 0 Å². The maximum absolute atomic E-state index is 5.48. The summed E-state index contributed by atoms with van der Waals surface area (Å²) in [6.07, 6.45) is 2.16. The third-order valence-electron chi connectivity index (χ3n) is 9.59. The van der Waals surface area contributed by atoms with Crippen LogP contribution < -0.4 is 0 Å². The normalized spacial score (nSPS) is 11.8. The van der Waals surface area contributed by atoms with E-state index < -0.39 is 0 Å². The summed E-state index contributed by atoms with van der Waals surface area (Å²) >= 11 is 0. The quantitative estimate of drug-likeness (QED) is 0.198. The maximum Gasteiger partial charge on any atom is 0.235 e. The molecule has 0 amide bonds. The molecule has 7 aromatic carbocycles. The summed E-state index contributed by atoms with van der Waals surface area (Å²) in [5.74, 6) is 0.658. The van der Waals surface area contributed by atoms with E-state index in [9.17, 15) is 0 Å². The standard InChI is InChI=1S/C44H28N4/c1-3-13-29(14-4-1)31-23-24-35(33-18-8-7-17-32(31)33)42-37-20-9-11-21-39(37)45-44(46-42)48-41-22-12-10-19-34(41)36-25-26-40-38(43(36)48)27-28-47(40)30-15-5-2-6-16-30/h1-28H. The number of hydrogen-bond acceptors (Lipinski definition) is 2. The molecular formula is C44H28N4. The van der Waals surface area contributed by atoms with Crippen LogP contribution in [0.3, 0.4) is 0 Å². The van der Waals surface area contributed by atoms with E-state index in [1.54, 1.807) is 0 Å². The van der Waals surface area contributed by atoms with Gasteiger partial charge in [-0.25, -0.2) is 9.97 Å². The highest BCUT2D eigenvalue weighted by molar-refractivity contribution is 6.18. The van der Waals surface area contributed by atoms with Crippen LogP contribution >= 0.6 is 0 Å². The van der Waals surface area contributed by atoms with E-state index in [0.29, 0.717) is 5.95 Å². The van der Waals surface area contributed by atoms with Crippen molar-refractivity contribution in [2.45, 2.75) is 0 Å². The second-order valence-electron chi connectivity index (χ2n) is 12.2. The number of benzene rings is 7. The lowest BCUT2D eigenvalue weighted by molar-refractivity contribution is 1.02. The van der Waals surface area contributed by atoms with Gasteiger partial charge in [0.15, 0.2) is 0 Å². The molecule has 0 atom stereocenters. The van der Waals surface area contributed by atoms with Gasteiger partial charge in [-0.05, 0) is 58.3 Å². The molecular weight excluding hydrogens is 585 g/mol. The largest absolute Gasteiger partial charge is 0.316 e. The molecule has 0 saturated heterocycles. The Morgan fingerprint density at radius 3 is 1.85 bits per heavy atom. The predicted octanol–water partition coefficient (Wildman–Crippen LogP) is 11.2. The molecule has 3 heterocycles. The van der Waals surface area contributed by atoms with Crippen LogP contribution in [0.1, 0.15) is 0 Å². The van der Waals surface area contributed by atoms with Gasteiger partial charge in [-0.15, -0.1) is 0 Å². The molecule has 0 saturated carbocycles. The number of nitrogens with zero attached hydrogens (tertiary/aromatic N) is 4. The van der Waals surface area contributed by atoms with Gasteiger partial charge in [0.25, 0.3) is 0 Å². The molecule has 224 valence electrons. The average Bonchev–Trinajstić information content (AvgIpc) is 3.74. The number of fused-ring (bicyclic) bond motifs is 7. The van der Waals surface area contributed by atoms with Crippen molar-refractivity contribution in [3.8, 4) is 34.0 Å². The topological polar surface area (TPSA) is 35.6 Å². The van der Waals surface area contributed by atoms with Crippen LogP contribution in [0.15, 0.2) is 170 Å². The summed E-state index contributed by atoms with van der Waals surface area (Å²) in [6, 6.07) is 57.9. The molecule has 0 unspecified atom stereocenters. The highest BCUT2D eigenvalue weighted by atomic mass is 15.2. The summed E-state index contributed by atoms with van der Waals surface area (Å²) in [7, 11) is 0. The molecule has 3 aromatic heterocycles. The average molecular weight is 613 g/mol. The van der Waals surface area contributed by atoms with Crippen LogP contribution in [0.4, 0.5) is 0 Å². The lowest BCUT2D eigenvalue weighted by atomic mass is 9.93. The first-order chi connectivity index (χ1) is 23.8. The molecule has 0 fully saturated rings. The zero-order valence-corrected chi connectivity index (χ0v) is 26.0. The minimum absolute atomic E-state index is 0.658. The lowest BCUT2D eigenvalue weighted by Gasteiger charge is -2.15. The van der Waals surface area contributed by atoms with E-state index in [0.717, 1.165) is 49.8 Å². The third-order valence-corrected chi connectivity index (χ3v) is 9.59. The Labute approximate surface area is 276 Å². The van der Waals surface area contributed by atoms with Gasteiger partial charge in [0.1, 0.15) is 0 Å². The number of rotatable bonds is 4. The van der Waals surface area contributed by atoms with Crippen molar-refractivity contribution in [2.24, 2.45) is 0 Å². The van der Waals surface area contributed by atoms with Gasteiger partial charge in [0, 0.05) is 39.0 Å². The van der Waals surface area contributed by atoms with Crippen molar-refractivity contribution in [3.63, 3.8) is 0 Å². The number of para-hydroxylation sites is 3. The predicted molar refractivity (Wildman–Crippen MR) is 199 cm³/mol. The molecule has 0 aliphatic carbocycles. The van der Waals surface area contributed by atoms with Gasteiger partial charge >= 0.3 is 0 Å². The Balaban J connectivity index is 1.29. The molecule has 0 N–H and O–H groups in total. The summed E-state index contributed by atoms with van der Waals surface area (Å²) in [5, 5.41) is 6.91. The second kappa shape index (κ2) is 10.5. The van der Waals surface area contributed by atoms with Crippen LogP contribution in [0, 0.1) is 0 Å². The molecule has 0 spiro atoms. The summed E-state index contributed by atoms with van der Waals surface area (Å²) in [5.41, 5.74) is 9.79. The van der Waals surface area contributed by atoms with Crippen LogP contribution in [0.2, 0.25) is 0 Å². The van der Waals surface area contributed by atoms with Crippen LogP contribution in [-0.2, 0) is 0 Å². The van der Waals surface area contributed by atoms with Crippen LogP contribution in [-0.4, -0.2) is 19.1 Å². The Hall–Kier alpha value is -6.52. The molecule has 0 bridgehead atoms. The fourth-order valence-corrected chi connectivity index (χ4v) is 7.44. The minimum atomic E-state index is 0.658. The minimum Gasteiger partial charge on any atom is -0.316 e. The Bertz CT molecular complexity index is 2830. The van der Waals surface area contributed by atoms with E-state index in [1.165, 1.54) is 32.7 Å². The number of hydrogen-bond donors (Lipinski definition) is 0. The van der Waals surface area contributed by atoms with Crippen molar-refractivity contribution in [1.29, 1.82) is 0 Å². The molecule has 4 nitrogen and oxygen atoms in total. The van der Waals surface area contributed by atoms with Gasteiger partial charge in [0.05, 0.1) is 27.8 Å². The molecule has 4 heteroatoms. The first kappa shape index (κ1) is 26.7. The Morgan fingerprint density at radius 1 is 0.396 bits per heavy atom. The molecule has 10 rings (SSSR count). The monoisotopic (exact) mass is 612 g/mol. The third kappa shape index (κ3) is 3.96. The van der Waals surface area contributed by atoms with Crippen molar-refractivity contribution >= 4 is 54.4 Å². The molecule has 10 aromatic rings. The fraction of sp³-hybridized carbons (Fsp3) is 0. The summed E-state index contributed by atoms with van der Waals surface area (Å²) in [4.78, 5) is 10.7. The van der Waals surface area contributed by atoms with Gasteiger partial charge in [-0.3, -0.25) is 4.57 Å². The Morgan fingerprint density at radius 2 is 1.04 bits per heavy atom. The number of aromatic nitrogens is 4. The second-order valence-corrected chi connectivity index (χ2v) is 12.2. The van der Waals surface area contributed by atoms with Gasteiger partial charge in [-0.1, -0.05) is 127 Å². The highest BCUT2D eigenvalue weighted by Gasteiger charge is 2.21. The molecule has 0 radical (unpaired) electrons. The van der Waals surface area contributed by atoms with Crippen molar-refractivity contribution < 1.29 is 0 Å². The van der Waals surface area contributed by atoms with Crippen molar-refractivity contribution in [1.82, 2.24) is 19.1 Å². The summed E-state index contributed by atoms with van der Waals surface area (Å²) < 4.78 is 4.52. The first-order valence-corrected chi connectivity index (χ1v) is 16.3. The molecule has 0 aliphatic rings. The maximum atomic E-state index is 5.48. The van der Waals surface area contributed by atoms with E-state index in [-0.39, 0.29) is 0 Å². The van der Waals surface area contributed by atoms with Crippen molar-refractivity contribution in [3.05, 3.63) is 170 Å². The van der Waals surface area contributed by atoms with E-state index in [1.807, 2.05) is 0 Å². The first-order valence-electron chi connectivity index (χ1n) is 16.3. The summed E-state index contributed by atoms with van der Waals surface area (Å²) in [6.45, 7) is 0.